The number of imidazole rings is 1. The van der Waals surface area contributed by atoms with E-state index in [1.54, 1.807) is 18.4 Å². The minimum absolute atomic E-state index is 0.867. The number of aromatic nitrogens is 2. The van der Waals surface area contributed by atoms with Crippen LogP contribution in [0.5, 0.6) is 5.75 Å². The van der Waals surface area contributed by atoms with Crippen LogP contribution in [0.15, 0.2) is 78.9 Å². The van der Waals surface area contributed by atoms with E-state index in [0.717, 1.165) is 38.7 Å². The van der Waals surface area contributed by atoms with Gasteiger partial charge in [0.05, 0.1) is 28.7 Å². The highest BCUT2D eigenvalue weighted by Gasteiger charge is 2.19. The first kappa shape index (κ1) is 15.2. The third kappa shape index (κ3) is 2.30. The minimum Gasteiger partial charge on any atom is -0.497 e. The number of ether oxygens (including phenoxy) is 1. The summed E-state index contributed by atoms with van der Waals surface area (Å²) in [6, 6.07) is 27.0. The van der Waals surface area contributed by atoms with E-state index in [2.05, 4.69) is 65.1 Å². The standard InChI is InChI=1S/C22H16N2OS/c1-25-17-12-13-18-19(14-17)26-22-23-20(15-8-4-2-5-9-15)21(24(18)22)16-10-6-3-7-11-16/h2-14H,1H3. The second kappa shape index (κ2) is 6.00. The summed E-state index contributed by atoms with van der Waals surface area (Å²) in [7, 11) is 1.70. The molecule has 2 heterocycles. The molecule has 0 aliphatic heterocycles. The predicted octanol–water partition coefficient (Wildman–Crippen LogP) is 5.89. The fourth-order valence-electron chi connectivity index (χ4n) is 3.34. The van der Waals surface area contributed by atoms with E-state index >= 15 is 0 Å². The van der Waals surface area contributed by atoms with E-state index in [1.165, 1.54) is 4.70 Å². The lowest BCUT2D eigenvalue weighted by molar-refractivity contribution is 0.415. The molecule has 26 heavy (non-hydrogen) atoms. The van der Waals surface area contributed by atoms with Gasteiger partial charge in [-0.3, -0.25) is 4.40 Å². The molecule has 0 amide bonds. The van der Waals surface area contributed by atoms with Crippen LogP contribution in [0.1, 0.15) is 0 Å². The summed E-state index contributed by atoms with van der Waals surface area (Å²) < 4.78 is 8.81. The summed E-state index contributed by atoms with van der Waals surface area (Å²) in [5.74, 6) is 0.867. The Labute approximate surface area is 155 Å². The molecule has 0 aliphatic rings. The smallest absolute Gasteiger partial charge is 0.195 e. The lowest BCUT2D eigenvalue weighted by Crippen LogP contribution is -1.89. The van der Waals surface area contributed by atoms with Gasteiger partial charge in [-0.15, -0.1) is 0 Å². The molecule has 3 aromatic carbocycles. The van der Waals surface area contributed by atoms with Crippen molar-refractivity contribution in [2.45, 2.75) is 0 Å². The number of rotatable bonds is 3. The van der Waals surface area contributed by atoms with E-state index in [-0.39, 0.29) is 0 Å². The van der Waals surface area contributed by atoms with Crippen LogP contribution < -0.4 is 4.74 Å². The molecule has 0 saturated heterocycles. The molecule has 0 radical (unpaired) electrons. The molecular weight excluding hydrogens is 340 g/mol. The van der Waals surface area contributed by atoms with Crippen molar-refractivity contribution in [1.82, 2.24) is 9.38 Å². The first-order valence-electron chi connectivity index (χ1n) is 8.45. The van der Waals surface area contributed by atoms with Crippen molar-refractivity contribution in [3.63, 3.8) is 0 Å². The van der Waals surface area contributed by atoms with Gasteiger partial charge in [0, 0.05) is 11.1 Å². The zero-order valence-electron chi connectivity index (χ0n) is 14.2. The molecule has 2 aromatic heterocycles. The van der Waals surface area contributed by atoms with Crippen molar-refractivity contribution < 1.29 is 4.74 Å². The normalized spacial score (nSPS) is 11.3. The van der Waals surface area contributed by atoms with Gasteiger partial charge in [-0.05, 0) is 18.2 Å². The molecule has 0 spiro atoms. The third-order valence-electron chi connectivity index (χ3n) is 4.55. The number of methoxy groups -OCH3 is 1. The fourth-order valence-corrected chi connectivity index (χ4v) is 4.39. The van der Waals surface area contributed by atoms with Crippen LogP contribution in [0.4, 0.5) is 0 Å². The molecule has 3 nitrogen and oxygen atoms in total. The molecule has 0 atom stereocenters. The number of fused-ring (bicyclic) bond motifs is 3. The SMILES string of the molecule is COc1ccc2c(c1)sc1nc(-c3ccccc3)c(-c3ccccc3)n12. The molecule has 0 unspecified atom stereocenters. The van der Waals surface area contributed by atoms with Crippen LogP contribution in [-0.2, 0) is 0 Å². The highest BCUT2D eigenvalue weighted by molar-refractivity contribution is 7.23. The number of nitrogens with zero attached hydrogens (tertiary/aromatic N) is 2. The maximum absolute atomic E-state index is 5.38. The largest absolute Gasteiger partial charge is 0.497 e. The highest BCUT2D eigenvalue weighted by atomic mass is 32.1. The van der Waals surface area contributed by atoms with Crippen LogP contribution >= 0.6 is 11.3 Å². The van der Waals surface area contributed by atoms with E-state index < -0.39 is 0 Å². The van der Waals surface area contributed by atoms with E-state index in [0.29, 0.717) is 0 Å². The van der Waals surface area contributed by atoms with Gasteiger partial charge in [0.2, 0.25) is 0 Å². The number of hydrogen-bond donors (Lipinski definition) is 0. The molecule has 0 fully saturated rings. The van der Waals surface area contributed by atoms with Gasteiger partial charge in [-0.1, -0.05) is 72.0 Å². The van der Waals surface area contributed by atoms with Gasteiger partial charge in [0.1, 0.15) is 5.75 Å². The molecule has 0 bridgehead atoms. The average Bonchev–Trinajstić information content (AvgIpc) is 3.24. The monoisotopic (exact) mass is 356 g/mol. The van der Waals surface area contributed by atoms with Crippen LogP contribution in [0.2, 0.25) is 0 Å². The Bertz CT molecular complexity index is 1210. The molecule has 0 N–H and O–H groups in total. The average molecular weight is 356 g/mol. The lowest BCUT2D eigenvalue weighted by atomic mass is 10.0. The van der Waals surface area contributed by atoms with Crippen LogP contribution in [-0.4, -0.2) is 16.5 Å². The van der Waals surface area contributed by atoms with Crippen molar-refractivity contribution in [1.29, 1.82) is 0 Å². The molecule has 0 saturated carbocycles. The quantitative estimate of drug-likeness (QED) is 0.403. The summed E-state index contributed by atoms with van der Waals surface area (Å²) >= 11 is 1.69. The Balaban J connectivity index is 1.88. The van der Waals surface area contributed by atoms with Crippen molar-refractivity contribution in [3.8, 4) is 28.3 Å². The second-order valence-corrected chi connectivity index (χ2v) is 7.10. The van der Waals surface area contributed by atoms with Crippen molar-refractivity contribution in [2.75, 3.05) is 7.11 Å². The molecule has 5 aromatic rings. The van der Waals surface area contributed by atoms with Gasteiger partial charge < -0.3 is 4.74 Å². The van der Waals surface area contributed by atoms with Crippen LogP contribution in [0, 0.1) is 0 Å². The Morgan fingerprint density at radius 1 is 0.846 bits per heavy atom. The van der Waals surface area contributed by atoms with Gasteiger partial charge >= 0.3 is 0 Å². The highest BCUT2D eigenvalue weighted by Crippen LogP contribution is 2.39. The number of hydrogen-bond acceptors (Lipinski definition) is 3. The van der Waals surface area contributed by atoms with Gasteiger partial charge in [0.15, 0.2) is 4.96 Å². The molecule has 126 valence electrons. The summed E-state index contributed by atoms with van der Waals surface area (Å²) in [5, 5.41) is 0. The van der Waals surface area contributed by atoms with Gasteiger partial charge in [0.25, 0.3) is 0 Å². The molecule has 0 aliphatic carbocycles. The Kier molecular flexibility index (Phi) is 3.50. The van der Waals surface area contributed by atoms with Crippen molar-refractivity contribution >= 4 is 26.5 Å². The van der Waals surface area contributed by atoms with Gasteiger partial charge in [-0.2, -0.15) is 0 Å². The van der Waals surface area contributed by atoms with Crippen LogP contribution in [0.25, 0.3) is 37.7 Å². The summed E-state index contributed by atoms with van der Waals surface area (Å²) in [6.45, 7) is 0. The van der Waals surface area contributed by atoms with E-state index in [1.807, 2.05) is 18.2 Å². The Morgan fingerprint density at radius 3 is 2.23 bits per heavy atom. The van der Waals surface area contributed by atoms with E-state index in [4.69, 9.17) is 9.72 Å². The maximum Gasteiger partial charge on any atom is 0.195 e. The fraction of sp³-hybridized carbons (Fsp3) is 0.0455. The zero-order valence-corrected chi connectivity index (χ0v) is 15.0. The van der Waals surface area contributed by atoms with E-state index in [9.17, 15) is 0 Å². The summed E-state index contributed by atoms with van der Waals surface area (Å²) in [4.78, 5) is 5.98. The Hall–Kier alpha value is -3.11. The van der Waals surface area contributed by atoms with Crippen LogP contribution in [0.3, 0.4) is 0 Å². The number of thiazole rings is 1. The summed E-state index contributed by atoms with van der Waals surface area (Å²) in [6.07, 6.45) is 0. The third-order valence-corrected chi connectivity index (χ3v) is 5.55. The topological polar surface area (TPSA) is 26.5 Å². The minimum atomic E-state index is 0.867. The lowest BCUT2D eigenvalue weighted by Gasteiger charge is -2.06. The van der Waals surface area contributed by atoms with Crippen molar-refractivity contribution in [2.24, 2.45) is 0 Å². The first-order valence-corrected chi connectivity index (χ1v) is 9.26. The van der Waals surface area contributed by atoms with Gasteiger partial charge in [-0.25, -0.2) is 4.98 Å². The Morgan fingerprint density at radius 2 is 1.54 bits per heavy atom. The summed E-state index contributed by atoms with van der Waals surface area (Å²) in [5.41, 5.74) is 5.58. The second-order valence-electron chi connectivity index (χ2n) is 6.09. The maximum atomic E-state index is 5.38. The molecular formula is C22H16N2OS. The number of benzene rings is 3. The first-order chi connectivity index (χ1) is 12.8. The molecule has 4 heteroatoms. The zero-order chi connectivity index (χ0) is 17.5. The predicted molar refractivity (Wildman–Crippen MR) is 108 cm³/mol. The van der Waals surface area contributed by atoms with Crippen molar-refractivity contribution in [3.05, 3.63) is 78.9 Å². The molecule has 5 rings (SSSR count).